The van der Waals surface area contributed by atoms with E-state index < -0.39 is 6.17 Å². The average Bonchev–Trinajstić information content (AvgIpc) is 3.50. The molecule has 1 saturated heterocycles. The van der Waals surface area contributed by atoms with Crippen LogP contribution in [-0.4, -0.2) is 60.3 Å². The summed E-state index contributed by atoms with van der Waals surface area (Å²) < 4.78 is 26.3. The summed E-state index contributed by atoms with van der Waals surface area (Å²) in [5, 5.41) is 4.18. The molecule has 7 nitrogen and oxygen atoms in total. The lowest BCUT2D eigenvalue weighted by molar-refractivity contribution is -0.148. The van der Waals surface area contributed by atoms with Crippen molar-refractivity contribution in [3.8, 4) is 0 Å². The predicted molar refractivity (Wildman–Crippen MR) is 147 cm³/mol. The van der Waals surface area contributed by atoms with Crippen molar-refractivity contribution in [1.29, 1.82) is 0 Å². The molecule has 9 heteroatoms. The molecule has 1 amide bonds. The molecule has 2 heterocycles. The summed E-state index contributed by atoms with van der Waals surface area (Å²) in [6.07, 6.45) is 2.51. The van der Waals surface area contributed by atoms with Crippen LogP contribution < -0.4 is 5.32 Å². The van der Waals surface area contributed by atoms with Crippen LogP contribution in [0.4, 0.5) is 15.2 Å². The van der Waals surface area contributed by atoms with Gasteiger partial charge < -0.3 is 19.7 Å². The molecule has 2 aromatic carbocycles. The Balaban J connectivity index is 1.18. The standard InChI is InChI=1S/C29H34FN3O4S/c1-18-5-3-4-6-24(18)31-29-32-25-12-7-19(13-26(25)38-29)14-27(34)33-16-21(30)15-22(33)17-37-23-10-8-20(9-11-23)28(35)36-2/h3-7,12-13,20-23H,8-11,14-17H2,1-2H3,(H,31,32)/t20?,21-,22-,23?/m0/s1. The van der Waals surface area contributed by atoms with Crippen molar-refractivity contribution in [1.82, 2.24) is 9.88 Å². The fourth-order valence-electron chi connectivity index (χ4n) is 5.44. The van der Waals surface area contributed by atoms with E-state index in [9.17, 15) is 14.0 Å². The highest BCUT2D eigenvalue weighted by molar-refractivity contribution is 7.22. The van der Waals surface area contributed by atoms with E-state index in [2.05, 4.69) is 10.3 Å². The van der Waals surface area contributed by atoms with Crippen LogP contribution in [0.2, 0.25) is 0 Å². The lowest BCUT2D eigenvalue weighted by Crippen LogP contribution is -2.40. The topological polar surface area (TPSA) is 80.8 Å². The number of nitrogens with zero attached hydrogens (tertiary/aromatic N) is 2. The number of amides is 1. The number of carbonyl (C=O) groups excluding carboxylic acids is 2. The number of thiazole rings is 1. The highest BCUT2D eigenvalue weighted by Gasteiger charge is 2.36. The highest BCUT2D eigenvalue weighted by atomic mass is 32.1. The maximum Gasteiger partial charge on any atom is 0.308 e. The predicted octanol–water partition coefficient (Wildman–Crippen LogP) is 5.58. The largest absolute Gasteiger partial charge is 0.469 e. The number of esters is 1. The van der Waals surface area contributed by atoms with Crippen LogP contribution in [0.1, 0.15) is 43.2 Å². The van der Waals surface area contributed by atoms with Gasteiger partial charge in [0, 0.05) is 12.1 Å². The van der Waals surface area contributed by atoms with Gasteiger partial charge in [0.2, 0.25) is 5.91 Å². The van der Waals surface area contributed by atoms with Crippen molar-refractivity contribution in [2.24, 2.45) is 5.92 Å². The van der Waals surface area contributed by atoms with Gasteiger partial charge in [0.15, 0.2) is 5.13 Å². The smallest absolute Gasteiger partial charge is 0.308 e. The molecule has 38 heavy (non-hydrogen) atoms. The number of para-hydroxylation sites is 1. The molecule has 202 valence electrons. The van der Waals surface area contributed by atoms with Crippen LogP contribution in [0.3, 0.4) is 0 Å². The van der Waals surface area contributed by atoms with Crippen molar-refractivity contribution < 1.29 is 23.5 Å². The molecular formula is C29H34FN3O4S. The summed E-state index contributed by atoms with van der Waals surface area (Å²) in [4.78, 5) is 31.3. The number of carbonyl (C=O) groups is 2. The first-order valence-electron chi connectivity index (χ1n) is 13.2. The van der Waals surface area contributed by atoms with Crippen LogP contribution in [-0.2, 0) is 25.5 Å². The number of aryl methyl sites for hydroxylation is 1. The second kappa shape index (κ2) is 11.8. The number of aromatic nitrogens is 1. The van der Waals surface area contributed by atoms with Gasteiger partial charge >= 0.3 is 5.97 Å². The van der Waals surface area contributed by atoms with E-state index in [4.69, 9.17) is 9.47 Å². The van der Waals surface area contributed by atoms with E-state index in [1.807, 2.05) is 49.4 Å². The molecule has 1 aliphatic carbocycles. The Hall–Kier alpha value is -3.04. The molecule has 5 rings (SSSR count). The van der Waals surface area contributed by atoms with E-state index in [1.165, 1.54) is 7.11 Å². The maximum absolute atomic E-state index is 14.4. The second-order valence-corrected chi connectivity index (χ2v) is 11.3. The second-order valence-electron chi connectivity index (χ2n) is 10.3. The highest BCUT2D eigenvalue weighted by Crippen LogP contribution is 2.31. The van der Waals surface area contributed by atoms with Gasteiger partial charge in [-0.1, -0.05) is 35.6 Å². The summed E-state index contributed by atoms with van der Waals surface area (Å²) >= 11 is 1.55. The zero-order valence-corrected chi connectivity index (χ0v) is 22.6. The molecule has 3 aromatic rings. The first-order valence-corrected chi connectivity index (χ1v) is 14.1. The number of halogens is 1. The minimum Gasteiger partial charge on any atom is -0.469 e. The van der Waals surface area contributed by atoms with Gasteiger partial charge in [0.1, 0.15) is 6.17 Å². The minimum absolute atomic E-state index is 0.0303. The Bertz CT molecular complexity index is 1290. The van der Waals surface area contributed by atoms with Gasteiger partial charge in [-0.05, 0) is 61.9 Å². The Morgan fingerprint density at radius 1 is 1.16 bits per heavy atom. The van der Waals surface area contributed by atoms with E-state index in [-0.39, 0.29) is 42.9 Å². The minimum atomic E-state index is -1.04. The van der Waals surface area contributed by atoms with Gasteiger partial charge in [-0.25, -0.2) is 9.37 Å². The molecule has 1 N–H and O–H groups in total. The first-order chi connectivity index (χ1) is 18.4. The summed E-state index contributed by atoms with van der Waals surface area (Å²) in [6, 6.07) is 13.6. The number of ether oxygens (including phenoxy) is 2. The van der Waals surface area contributed by atoms with Gasteiger partial charge in [0.25, 0.3) is 0 Å². The fourth-order valence-corrected chi connectivity index (χ4v) is 6.38. The van der Waals surface area contributed by atoms with Crippen molar-refractivity contribution in [3.63, 3.8) is 0 Å². The molecule has 1 aliphatic heterocycles. The number of likely N-dealkylation sites (tertiary alicyclic amines) is 1. The van der Waals surface area contributed by atoms with Gasteiger partial charge in [-0.3, -0.25) is 9.59 Å². The number of methoxy groups -OCH3 is 1. The van der Waals surface area contributed by atoms with E-state index in [1.54, 1.807) is 16.2 Å². The number of benzene rings is 2. The molecule has 0 spiro atoms. The summed E-state index contributed by atoms with van der Waals surface area (Å²) in [5.41, 5.74) is 3.92. The van der Waals surface area contributed by atoms with Crippen molar-refractivity contribution >= 4 is 44.2 Å². The molecule has 0 unspecified atom stereocenters. The Labute approximate surface area is 226 Å². The summed E-state index contributed by atoms with van der Waals surface area (Å²) in [7, 11) is 1.42. The van der Waals surface area contributed by atoms with E-state index in [0.717, 1.165) is 57.8 Å². The molecular weight excluding hydrogens is 505 g/mol. The van der Waals surface area contributed by atoms with Gasteiger partial charge in [-0.2, -0.15) is 0 Å². The zero-order valence-electron chi connectivity index (χ0n) is 21.8. The third kappa shape index (κ3) is 6.15. The van der Waals surface area contributed by atoms with Crippen molar-refractivity contribution in [2.45, 2.75) is 63.8 Å². The normalized spacial score (nSPS) is 23.5. The Morgan fingerprint density at radius 2 is 1.95 bits per heavy atom. The van der Waals surface area contributed by atoms with Crippen molar-refractivity contribution in [3.05, 3.63) is 53.6 Å². The molecule has 1 aromatic heterocycles. The fraction of sp³-hybridized carbons (Fsp3) is 0.483. The van der Waals surface area contributed by atoms with E-state index in [0.29, 0.717) is 13.0 Å². The van der Waals surface area contributed by atoms with Crippen molar-refractivity contribution in [2.75, 3.05) is 25.6 Å². The Kier molecular flexibility index (Phi) is 8.24. The SMILES string of the molecule is COC(=O)C1CCC(OC[C@@H]2C[C@H](F)CN2C(=O)Cc2ccc3nc(Nc4ccccc4C)sc3c2)CC1. The quantitative estimate of drug-likeness (QED) is 0.377. The van der Waals surface area contributed by atoms with Gasteiger partial charge in [0.05, 0.1) is 55.0 Å². The number of alkyl halides is 1. The number of hydrogen-bond acceptors (Lipinski definition) is 7. The Morgan fingerprint density at radius 3 is 2.71 bits per heavy atom. The molecule has 0 radical (unpaired) electrons. The average molecular weight is 540 g/mol. The maximum atomic E-state index is 14.4. The summed E-state index contributed by atoms with van der Waals surface area (Å²) in [6.45, 7) is 2.48. The van der Waals surface area contributed by atoms with E-state index >= 15 is 0 Å². The lowest BCUT2D eigenvalue weighted by atomic mass is 9.87. The number of fused-ring (bicyclic) bond motifs is 1. The first kappa shape index (κ1) is 26.6. The molecule has 1 saturated carbocycles. The van der Waals surface area contributed by atoms with Crippen LogP contribution >= 0.6 is 11.3 Å². The lowest BCUT2D eigenvalue weighted by Gasteiger charge is -2.30. The molecule has 2 aliphatic rings. The molecule has 2 atom stereocenters. The summed E-state index contributed by atoms with van der Waals surface area (Å²) in [5.74, 6) is -0.313. The third-order valence-corrected chi connectivity index (χ3v) is 8.55. The van der Waals surface area contributed by atoms with Crippen LogP contribution in [0.5, 0.6) is 0 Å². The molecule has 0 bridgehead atoms. The number of anilines is 2. The third-order valence-electron chi connectivity index (χ3n) is 7.61. The molecule has 2 fully saturated rings. The van der Waals surface area contributed by atoms with Crippen LogP contribution in [0.15, 0.2) is 42.5 Å². The monoisotopic (exact) mass is 539 g/mol. The number of hydrogen-bond donors (Lipinski definition) is 1. The number of nitrogens with one attached hydrogen (secondary N) is 1. The van der Waals surface area contributed by atoms with Crippen LogP contribution in [0, 0.1) is 12.8 Å². The van der Waals surface area contributed by atoms with Crippen LogP contribution in [0.25, 0.3) is 10.2 Å². The number of rotatable bonds is 8. The zero-order chi connectivity index (χ0) is 26.6. The van der Waals surface area contributed by atoms with Gasteiger partial charge in [-0.15, -0.1) is 0 Å².